The molecule has 3 heteroatoms. The Morgan fingerprint density at radius 3 is 1.39 bits per heavy atom. The highest BCUT2D eigenvalue weighted by Gasteiger charge is 2.42. The van der Waals surface area contributed by atoms with E-state index in [1.165, 1.54) is 160 Å². The van der Waals surface area contributed by atoms with E-state index in [0.29, 0.717) is 0 Å². The number of aromatic nitrogens is 2. The normalized spacial score (nSPS) is 12.5. The van der Waals surface area contributed by atoms with Crippen LogP contribution in [0.15, 0.2) is 188 Å². The second-order valence-electron chi connectivity index (χ2n) is 20.2. The summed E-state index contributed by atoms with van der Waals surface area (Å²) in [7, 11) is 0. The lowest BCUT2D eigenvalue weighted by Crippen LogP contribution is -2.55. The van der Waals surface area contributed by atoms with Gasteiger partial charge in [-0.1, -0.05) is 173 Å². The Kier molecular flexibility index (Phi) is 8.51. The van der Waals surface area contributed by atoms with Crippen LogP contribution in [0.2, 0.25) is 0 Å². The Morgan fingerprint density at radius 1 is 0.304 bits per heavy atom. The van der Waals surface area contributed by atoms with Gasteiger partial charge in [0.25, 0.3) is 0 Å². The maximum absolute atomic E-state index is 2.72. The summed E-state index contributed by atoms with van der Waals surface area (Å²) in [6.45, 7) is 13.3. The highest BCUT2D eigenvalue weighted by atomic mass is 15.0. The highest BCUT2D eigenvalue weighted by Crippen LogP contribution is 2.48. The second kappa shape index (κ2) is 14.7. The number of benzene rings is 10. The predicted molar refractivity (Wildman–Crippen MR) is 295 cm³/mol. The Balaban J connectivity index is 1.17. The van der Waals surface area contributed by atoms with Crippen molar-refractivity contribution in [2.24, 2.45) is 0 Å². The van der Waals surface area contributed by atoms with Crippen LogP contribution in [0.25, 0.3) is 116 Å². The van der Waals surface area contributed by atoms with Gasteiger partial charge in [-0.2, -0.15) is 0 Å². The summed E-state index contributed by atoms with van der Waals surface area (Å²) in [6, 6.07) is 72.2. The summed E-state index contributed by atoms with van der Waals surface area (Å²) in [5, 5.41) is 5.13. The zero-order valence-electron chi connectivity index (χ0n) is 39.9. The van der Waals surface area contributed by atoms with Gasteiger partial charge < -0.3 is 9.05 Å². The molecule has 12 aromatic rings. The van der Waals surface area contributed by atoms with E-state index in [4.69, 9.17) is 0 Å². The second-order valence-corrected chi connectivity index (χ2v) is 20.2. The first kappa shape index (κ1) is 40.0. The van der Waals surface area contributed by atoms with E-state index in [-0.39, 0.29) is 6.85 Å². The van der Waals surface area contributed by atoms with Gasteiger partial charge in [-0.25, -0.2) is 0 Å². The minimum Gasteiger partial charge on any atom is -0.375 e. The summed E-state index contributed by atoms with van der Waals surface area (Å²) < 4.78 is 5.39. The van der Waals surface area contributed by atoms with Gasteiger partial charge in [0.05, 0.1) is 11.0 Å². The molecule has 69 heavy (non-hydrogen) atoms. The van der Waals surface area contributed by atoms with Crippen LogP contribution in [-0.2, 0) is 0 Å². The van der Waals surface area contributed by atoms with Crippen molar-refractivity contribution < 1.29 is 0 Å². The molecule has 2 nitrogen and oxygen atoms in total. The van der Waals surface area contributed by atoms with E-state index in [0.717, 1.165) is 0 Å². The van der Waals surface area contributed by atoms with Crippen LogP contribution in [0.5, 0.6) is 0 Å². The standard InChI is InChI=1S/C66H49BN2/c1-38-22-39(2)26-47(25-38)50-32-54(52-29-42(5)24-43(6)30-52)64-58(35-50)59-36-51(48-27-40(3)23-41(4)28-48)37-60-66(59)68(64)62-19-13-18-53-56-33-49(45-16-11-8-12-17-45)34-57-55-31-46(44-14-9-7-10-15-44)20-21-61(55)69(65(56)57)67(60)63(53)62/h7-37H,1-6H3. The SMILES string of the molecule is Cc1cc(C)cc(-c2cc3c4c(c2)c2cc(-c5cc(C)cc(C)c5)cc(-c5cc(C)cc(C)c5)c2n4-c2cccc4c2B3n2c3ccc(-c5ccccc5)cc3c3cc(-c5ccccc5)cc-4c32)c1. The minimum atomic E-state index is -0.0809. The molecule has 0 aliphatic carbocycles. The van der Waals surface area contributed by atoms with Gasteiger partial charge in [0.1, 0.15) is 0 Å². The maximum Gasteiger partial charge on any atom is 0.333 e. The molecule has 2 aliphatic heterocycles. The van der Waals surface area contributed by atoms with Crippen molar-refractivity contribution in [2.45, 2.75) is 41.5 Å². The Bertz CT molecular complexity index is 4120. The molecule has 326 valence electrons. The molecule has 0 saturated heterocycles. The summed E-state index contributed by atoms with van der Waals surface area (Å²) >= 11 is 0. The number of fused-ring (bicyclic) bond motifs is 10. The molecule has 2 aromatic heterocycles. The molecule has 10 aromatic carbocycles. The molecule has 0 N–H and O–H groups in total. The fourth-order valence-corrected chi connectivity index (χ4v) is 12.7. The highest BCUT2D eigenvalue weighted by molar-refractivity contribution is 6.90. The number of aryl methyl sites for hydroxylation is 6. The molecule has 4 heterocycles. The number of hydrogen-bond acceptors (Lipinski definition) is 0. The first-order chi connectivity index (χ1) is 33.6. The van der Waals surface area contributed by atoms with E-state index in [2.05, 4.69) is 239 Å². The number of hydrogen-bond donors (Lipinski definition) is 0. The molecular weight excluding hydrogens is 832 g/mol. The lowest BCUT2D eigenvalue weighted by atomic mass is 9.45. The van der Waals surface area contributed by atoms with Crippen LogP contribution < -0.4 is 10.9 Å². The van der Waals surface area contributed by atoms with Crippen LogP contribution >= 0.6 is 0 Å². The van der Waals surface area contributed by atoms with Crippen LogP contribution in [0.3, 0.4) is 0 Å². The van der Waals surface area contributed by atoms with E-state index in [9.17, 15) is 0 Å². The molecule has 0 saturated carbocycles. The molecule has 0 fully saturated rings. The Hall–Kier alpha value is -8.14. The van der Waals surface area contributed by atoms with Gasteiger partial charge in [0.15, 0.2) is 0 Å². The van der Waals surface area contributed by atoms with Crippen LogP contribution in [0.4, 0.5) is 0 Å². The third kappa shape index (κ3) is 5.99. The van der Waals surface area contributed by atoms with Gasteiger partial charge in [0, 0.05) is 49.4 Å². The topological polar surface area (TPSA) is 9.86 Å². The largest absolute Gasteiger partial charge is 0.375 e. The van der Waals surface area contributed by atoms with E-state index in [1.807, 2.05) is 0 Å². The smallest absolute Gasteiger partial charge is 0.333 e. The van der Waals surface area contributed by atoms with Crippen molar-refractivity contribution in [3.63, 3.8) is 0 Å². The summed E-state index contributed by atoms with van der Waals surface area (Å²) in [5.74, 6) is 0. The van der Waals surface area contributed by atoms with Crippen molar-refractivity contribution in [3.8, 4) is 72.4 Å². The molecule has 0 bridgehead atoms. The maximum atomic E-state index is 2.72. The zero-order chi connectivity index (χ0) is 46.4. The van der Waals surface area contributed by atoms with Gasteiger partial charge in [0.2, 0.25) is 0 Å². The van der Waals surface area contributed by atoms with Crippen molar-refractivity contribution in [2.75, 3.05) is 0 Å². The fourth-order valence-electron chi connectivity index (χ4n) is 12.7. The molecule has 0 unspecified atom stereocenters. The molecule has 2 aliphatic rings. The third-order valence-electron chi connectivity index (χ3n) is 15.2. The Morgan fingerprint density at radius 2 is 0.783 bits per heavy atom. The van der Waals surface area contributed by atoms with Crippen LogP contribution in [0, 0.1) is 41.5 Å². The zero-order valence-corrected chi connectivity index (χ0v) is 39.9. The molecule has 0 amide bonds. The van der Waals surface area contributed by atoms with Crippen molar-refractivity contribution >= 4 is 61.4 Å². The molecule has 14 rings (SSSR count). The van der Waals surface area contributed by atoms with E-state index in [1.54, 1.807) is 0 Å². The average molecular weight is 881 g/mol. The first-order valence-electron chi connectivity index (χ1n) is 24.4. The monoisotopic (exact) mass is 880 g/mol. The summed E-state index contributed by atoms with van der Waals surface area (Å²) in [6.07, 6.45) is 0. The molecular formula is C66H49BN2. The number of nitrogens with zero attached hydrogens (tertiary/aromatic N) is 2. The molecule has 0 spiro atoms. The Labute approximate surface area is 403 Å². The average Bonchev–Trinajstić information content (AvgIpc) is 3.86. The van der Waals surface area contributed by atoms with Crippen LogP contribution in [-0.4, -0.2) is 15.9 Å². The van der Waals surface area contributed by atoms with E-state index < -0.39 is 0 Å². The first-order valence-corrected chi connectivity index (χ1v) is 24.4. The minimum absolute atomic E-state index is 0.0809. The van der Waals surface area contributed by atoms with Gasteiger partial charge >= 0.3 is 6.85 Å². The fraction of sp³-hybridized carbons (Fsp3) is 0.0909. The summed E-state index contributed by atoms with van der Waals surface area (Å²) in [5.41, 5.74) is 31.7. The molecule has 0 radical (unpaired) electrons. The predicted octanol–water partition coefficient (Wildman–Crippen LogP) is 16.0. The molecule has 0 atom stereocenters. The van der Waals surface area contributed by atoms with Gasteiger partial charge in [-0.05, 0) is 157 Å². The van der Waals surface area contributed by atoms with Crippen LogP contribution in [0.1, 0.15) is 33.4 Å². The lowest BCUT2D eigenvalue weighted by Gasteiger charge is -2.34. The lowest BCUT2D eigenvalue weighted by molar-refractivity contribution is 1.17. The van der Waals surface area contributed by atoms with Crippen molar-refractivity contribution in [1.82, 2.24) is 9.05 Å². The number of rotatable bonds is 5. The third-order valence-corrected chi connectivity index (χ3v) is 15.2. The summed E-state index contributed by atoms with van der Waals surface area (Å²) in [4.78, 5) is 0. The van der Waals surface area contributed by atoms with Crippen molar-refractivity contribution in [3.05, 3.63) is 221 Å². The van der Waals surface area contributed by atoms with E-state index >= 15 is 0 Å². The van der Waals surface area contributed by atoms with Gasteiger partial charge in [-0.3, -0.25) is 0 Å². The quantitative estimate of drug-likeness (QED) is 0.152. The van der Waals surface area contributed by atoms with Crippen molar-refractivity contribution in [1.29, 1.82) is 0 Å². The van der Waals surface area contributed by atoms with Gasteiger partial charge in [-0.15, -0.1) is 0 Å².